The molecule has 0 amide bonds. The topological polar surface area (TPSA) is 12.4 Å². The van der Waals surface area contributed by atoms with Crippen LogP contribution >= 0.6 is 0 Å². The van der Waals surface area contributed by atoms with Gasteiger partial charge in [-0.3, -0.25) is 4.99 Å². The molecule has 0 aliphatic carbocycles. The van der Waals surface area contributed by atoms with Gasteiger partial charge >= 0.3 is 0 Å². The van der Waals surface area contributed by atoms with Crippen LogP contribution in [0.15, 0.2) is 35.3 Å². The molecule has 0 spiro atoms. The van der Waals surface area contributed by atoms with Gasteiger partial charge in [-0.1, -0.05) is 35.9 Å². The van der Waals surface area contributed by atoms with Crippen LogP contribution in [0, 0.1) is 6.92 Å². The minimum absolute atomic E-state index is 1.21. The molecule has 0 fully saturated rings. The van der Waals surface area contributed by atoms with E-state index in [1.54, 1.807) is 13.3 Å². The first-order chi connectivity index (χ1) is 5.83. The lowest BCUT2D eigenvalue weighted by Gasteiger charge is -1.92. The predicted octanol–water partition coefficient (Wildman–Crippen LogP) is 2.71. The van der Waals surface area contributed by atoms with Crippen molar-refractivity contribution in [2.45, 2.75) is 6.92 Å². The summed E-state index contributed by atoms with van der Waals surface area (Å²) in [5.74, 6) is 0. The van der Waals surface area contributed by atoms with Gasteiger partial charge in [-0.25, -0.2) is 0 Å². The van der Waals surface area contributed by atoms with Crippen LogP contribution in [0.5, 0.6) is 0 Å². The first kappa shape index (κ1) is 8.72. The summed E-state index contributed by atoms with van der Waals surface area (Å²) in [7, 11) is 1.76. The van der Waals surface area contributed by atoms with Gasteiger partial charge < -0.3 is 0 Å². The normalized spacial score (nSPS) is 11.5. The fourth-order valence-corrected chi connectivity index (χ4v) is 0.918. The maximum Gasteiger partial charge on any atom is 0.0277 e. The Bertz CT molecular complexity index is 280. The van der Waals surface area contributed by atoms with E-state index >= 15 is 0 Å². The molecule has 0 heterocycles. The Balaban J connectivity index is 2.70. The second-order valence-electron chi connectivity index (χ2n) is 2.68. The maximum atomic E-state index is 3.86. The van der Waals surface area contributed by atoms with Gasteiger partial charge in [0.15, 0.2) is 0 Å². The molecule has 0 radical (unpaired) electrons. The fraction of sp³-hybridized carbons (Fsp3) is 0.182. The molecule has 1 aromatic carbocycles. The smallest absolute Gasteiger partial charge is 0.0277 e. The largest absolute Gasteiger partial charge is 0.297 e. The molecular formula is C11H13N. The second-order valence-corrected chi connectivity index (χ2v) is 2.68. The number of aliphatic imine (C=N–C) groups is 1. The van der Waals surface area contributed by atoms with Crippen LogP contribution in [0.3, 0.4) is 0 Å². The quantitative estimate of drug-likeness (QED) is 0.588. The lowest BCUT2D eigenvalue weighted by molar-refractivity contribution is 1.46. The van der Waals surface area contributed by atoms with Gasteiger partial charge in [0.25, 0.3) is 0 Å². The zero-order chi connectivity index (χ0) is 8.81. The molecule has 0 saturated carbocycles. The molecule has 1 rings (SSSR count). The van der Waals surface area contributed by atoms with Crippen molar-refractivity contribution in [1.82, 2.24) is 0 Å². The Morgan fingerprint density at radius 1 is 1.17 bits per heavy atom. The minimum atomic E-state index is 1.21. The Labute approximate surface area is 73.5 Å². The molecule has 0 bridgehead atoms. The van der Waals surface area contributed by atoms with Crippen LogP contribution in [0.2, 0.25) is 0 Å². The highest BCUT2D eigenvalue weighted by Crippen LogP contribution is 2.03. The van der Waals surface area contributed by atoms with E-state index in [0.29, 0.717) is 0 Å². The number of rotatable bonds is 2. The molecule has 0 aliphatic heterocycles. The summed E-state index contributed by atoms with van der Waals surface area (Å²) >= 11 is 0. The van der Waals surface area contributed by atoms with E-state index in [1.165, 1.54) is 11.1 Å². The van der Waals surface area contributed by atoms with E-state index in [0.717, 1.165) is 0 Å². The third kappa shape index (κ3) is 2.70. The molecule has 0 saturated heterocycles. The minimum Gasteiger partial charge on any atom is -0.297 e. The number of allylic oxidation sites excluding steroid dienone is 1. The van der Waals surface area contributed by atoms with Crippen LogP contribution < -0.4 is 0 Å². The van der Waals surface area contributed by atoms with Gasteiger partial charge in [0.2, 0.25) is 0 Å². The highest BCUT2D eigenvalue weighted by atomic mass is 14.6. The van der Waals surface area contributed by atoms with Crippen LogP contribution in [-0.2, 0) is 0 Å². The van der Waals surface area contributed by atoms with E-state index in [-0.39, 0.29) is 0 Å². The summed E-state index contributed by atoms with van der Waals surface area (Å²) < 4.78 is 0. The summed E-state index contributed by atoms with van der Waals surface area (Å²) in [6, 6.07) is 8.39. The van der Waals surface area contributed by atoms with Crippen molar-refractivity contribution >= 4 is 12.3 Å². The fourth-order valence-electron chi connectivity index (χ4n) is 0.918. The van der Waals surface area contributed by atoms with Gasteiger partial charge in [-0.2, -0.15) is 0 Å². The highest BCUT2D eigenvalue weighted by Gasteiger charge is 1.83. The number of benzene rings is 1. The zero-order valence-corrected chi connectivity index (χ0v) is 7.49. The Morgan fingerprint density at radius 2 is 1.83 bits per heavy atom. The predicted molar refractivity (Wildman–Crippen MR) is 54.6 cm³/mol. The van der Waals surface area contributed by atoms with Gasteiger partial charge in [-0.05, 0) is 18.6 Å². The van der Waals surface area contributed by atoms with Gasteiger partial charge in [0, 0.05) is 13.3 Å². The molecule has 0 unspecified atom stereocenters. The summed E-state index contributed by atoms with van der Waals surface area (Å²) in [5.41, 5.74) is 2.50. The van der Waals surface area contributed by atoms with Crippen molar-refractivity contribution < 1.29 is 0 Å². The average Bonchev–Trinajstić information content (AvgIpc) is 2.09. The number of aryl methyl sites for hydroxylation is 1. The van der Waals surface area contributed by atoms with Gasteiger partial charge in [-0.15, -0.1) is 0 Å². The van der Waals surface area contributed by atoms with E-state index in [4.69, 9.17) is 0 Å². The Morgan fingerprint density at radius 3 is 2.42 bits per heavy atom. The first-order valence-electron chi connectivity index (χ1n) is 3.98. The number of nitrogens with zero attached hydrogens (tertiary/aromatic N) is 1. The van der Waals surface area contributed by atoms with Crippen LogP contribution in [0.1, 0.15) is 11.1 Å². The standard InChI is InChI=1S/C11H13N/c1-10-5-7-11(8-6-10)4-3-9-12-2/h3-9H,1-2H3/b4-3-,12-9-. The molecule has 0 N–H and O–H groups in total. The molecule has 62 valence electrons. The molecule has 0 atom stereocenters. The molecule has 12 heavy (non-hydrogen) atoms. The van der Waals surface area contributed by atoms with Crippen molar-refractivity contribution in [2.24, 2.45) is 4.99 Å². The van der Waals surface area contributed by atoms with Crippen molar-refractivity contribution in [3.8, 4) is 0 Å². The molecule has 1 heteroatoms. The number of hydrogen-bond donors (Lipinski definition) is 0. The van der Waals surface area contributed by atoms with Crippen molar-refractivity contribution in [3.05, 3.63) is 41.5 Å². The Kier molecular flexibility index (Phi) is 3.27. The summed E-state index contributed by atoms with van der Waals surface area (Å²) in [6.45, 7) is 2.08. The van der Waals surface area contributed by atoms with Crippen LogP contribution in [0.25, 0.3) is 6.08 Å². The molecule has 1 aromatic rings. The van der Waals surface area contributed by atoms with Crippen molar-refractivity contribution in [1.29, 1.82) is 0 Å². The molecule has 1 nitrogen and oxygen atoms in total. The maximum absolute atomic E-state index is 3.86. The van der Waals surface area contributed by atoms with Crippen LogP contribution in [0.4, 0.5) is 0 Å². The summed E-state index contributed by atoms with van der Waals surface area (Å²) in [4.78, 5) is 3.86. The van der Waals surface area contributed by atoms with E-state index < -0.39 is 0 Å². The van der Waals surface area contributed by atoms with Crippen molar-refractivity contribution in [2.75, 3.05) is 7.05 Å². The third-order valence-corrected chi connectivity index (χ3v) is 1.60. The van der Waals surface area contributed by atoms with E-state index in [2.05, 4.69) is 36.2 Å². The second kappa shape index (κ2) is 4.50. The number of hydrogen-bond acceptors (Lipinski definition) is 1. The van der Waals surface area contributed by atoms with E-state index in [9.17, 15) is 0 Å². The van der Waals surface area contributed by atoms with Crippen LogP contribution in [-0.4, -0.2) is 13.3 Å². The van der Waals surface area contributed by atoms with Gasteiger partial charge in [0.05, 0.1) is 0 Å². The van der Waals surface area contributed by atoms with Crippen molar-refractivity contribution in [3.63, 3.8) is 0 Å². The highest BCUT2D eigenvalue weighted by molar-refractivity contribution is 5.78. The summed E-state index contributed by atoms with van der Waals surface area (Å²) in [5, 5.41) is 0. The molecular weight excluding hydrogens is 146 g/mol. The lowest BCUT2D eigenvalue weighted by Crippen LogP contribution is -1.73. The summed E-state index contributed by atoms with van der Waals surface area (Å²) in [6.07, 6.45) is 5.75. The lowest BCUT2D eigenvalue weighted by atomic mass is 10.1. The first-order valence-corrected chi connectivity index (χ1v) is 3.98. The SMILES string of the molecule is C/N=C\C=C/c1ccc(C)cc1. The molecule has 0 aromatic heterocycles. The van der Waals surface area contributed by atoms with E-state index in [1.807, 2.05) is 12.2 Å². The average molecular weight is 159 g/mol. The monoisotopic (exact) mass is 159 g/mol. The zero-order valence-electron chi connectivity index (χ0n) is 7.49. The third-order valence-electron chi connectivity index (χ3n) is 1.60. The Hall–Kier alpha value is -1.37. The van der Waals surface area contributed by atoms with Gasteiger partial charge in [0.1, 0.15) is 0 Å². The molecule has 0 aliphatic rings.